The van der Waals surface area contributed by atoms with Crippen LogP contribution in [0.2, 0.25) is 0 Å². The molecule has 1 aromatic rings. The molecule has 3 aliphatic rings. The Morgan fingerprint density at radius 2 is 1.95 bits per heavy atom. The minimum Gasteiger partial charge on any atom is -0.376 e. The summed E-state index contributed by atoms with van der Waals surface area (Å²) in [5, 5.41) is 0. The van der Waals surface area contributed by atoms with E-state index in [1.807, 2.05) is 0 Å². The third kappa shape index (κ3) is 2.63. The molecule has 1 spiro atoms. The molecule has 0 saturated carbocycles. The van der Waals surface area contributed by atoms with Crippen molar-refractivity contribution >= 4 is 0 Å². The van der Waals surface area contributed by atoms with E-state index >= 15 is 0 Å². The monoisotopic (exact) mass is 287 g/mol. The molecular weight excluding hydrogens is 262 g/mol. The zero-order valence-corrected chi connectivity index (χ0v) is 12.7. The van der Waals surface area contributed by atoms with E-state index in [-0.39, 0.29) is 6.10 Å². The fourth-order valence-corrected chi connectivity index (χ4v) is 4.38. The first kappa shape index (κ1) is 13.7. The van der Waals surface area contributed by atoms with Gasteiger partial charge in [0.05, 0.1) is 25.9 Å². The molecule has 21 heavy (non-hydrogen) atoms. The van der Waals surface area contributed by atoms with Gasteiger partial charge in [0.2, 0.25) is 0 Å². The van der Waals surface area contributed by atoms with Gasteiger partial charge in [0.1, 0.15) is 0 Å². The number of benzene rings is 1. The lowest BCUT2D eigenvalue weighted by molar-refractivity contribution is -0.0997. The van der Waals surface area contributed by atoms with Crippen molar-refractivity contribution in [3.8, 4) is 0 Å². The predicted molar refractivity (Wildman–Crippen MR) is 82.7 cm³/mol. The SMILES string of the molecule is c1ccc2c(c1)CCC21CCN(CC2COCCO2)CC1. The number of nitrogens with zero attached hydrogens (tertiary/aromatic N) is 1. The van der Waals surface area contributed by atoms with Crippen LogP contribution in [0.25, 0.3) is 0 Å². The van der Waals surface area contributed by atoms with E-state index in [1.165, 1.54) is 38.8 Å². The first-order valence-electron chi connectivity index (χ1n) is 8.36. The van der Waals surface area contributed by atoms with Gasteiger partial charge in [0.25, 0.3) is 0 Å². The van der Waals surface area contributed by atoms with Crippen molar-refractivity contribution in [1.29, 1.82) is 0 Å². The molecule has 2 fully saturated rings. The van der Waals surface area contributed by atoms with Crippen molar-refractivity contribution in [2.45, 2.75) is 37.2 Å². The molecule has 1 unspecified atom stereocenters. The van der Waals surface area contributed by atoms with E-state index in [1.54, 1.807) is 11.1 Å². The number of hydrogen-bond donors (Lipinski definition) is 0. The van der Waals surface area contributed by atoms with Crippen LogP contribution in [0.1, 0.15) is 30.4 Å². The lowest BCUT2D eigenvalue weighted by Gasteiger charge is -2.41. The lowest BCUT2D eigenvalue weighted by Crippen LogP contribution is -2.46. The van der Waals surface area contributed by atoms with Crippen LogP contribution in [-0.4, -0.2) is 50.5 Å². The normalized spacial score (nSPS) is 28.7. The van der Waals surface area contributed by atoms with Crippen molar-refractivity contribution in [3.63, 3.8) is 0 Å². The van der Waals surface area contributed by atoms with E-state index in [9.17, 15) is 0 Å². The molecule has 0 aromatic heterocycles. The van der Waals surface area contributed by atoms with E-state index in [0.29, 0.717) is 5.41 Å². The molecule has 0 N–H and O–H groups in total. The Morgan fingerprint density at radius 3 is 2.76 bits per heavy atom. The third-order valence-corrected chi connectivity index (χ3v) is 5.62. The standard InChI is InChI=1S/C18H25NO2/c1-2-4-17-15(3-1)5-6-18(17)7-9-19(10-8-18)13-16-14-20-11-12-21-16/h1-4,16H,5-14H2. The zero-order valence-electron chi connectivity index (χ0n) is 12.7. The predicted octanol–water partition coefficient (Wildman–Crippen LogP) is 2.38. The van der Waals surface area contributed by atoms with Crippen molar-refractivity contribution < 1.29 is 9.47 Å². The number of ether oxygens (including phenoxy) is 2. The number of likely N-dealkylation sites (tertiary alicyclic amines) is 1. The minimum atomic E-state index is 0.281. The molecule has 3 nitrogen and oxygen atoms in total. The Bertz CT molecular complexity index is 488. The Hall–Kier alpha value is -0.900. The molecular formula is C18H25NO2. The van der Waals surface area contributed by atoms with E-state index < -0.39 is 0 Å². The van der Waals surface area contributed by atoms with Gasteiger partial charge in [-0.15, -0.1) is 0 Å². The number of piperidine rings is 1. The van der Waals surface area contributed by atoms with E-state index in [4.69, 9.17) is 9.47 Å². The van der Waals surface area contributed by atoms with Crippen molar-refractivity contribution in [2.75, 3.05) is 39.5 Å². The van der Waals surface area contributed by atoms with Gasteiger partial charge in [-0.3, -0.25) is 0 Å². The number of hydrogen-bond acceptors (Lipinski definition) is 3. The average Bonchev–Trinajstić information content (AvgIpc) is 2.90. The molecule has 2 heterocycles. The zero-order chi connectivity index (χ0) is 14.1. The summed E-state index contributed by atoms with van der Waals surface area (Å²) in [6, 6.07) is 9.10. The molecule has 2 saturated heterocycles. The van der Waals surface area contributed by atoms with Crippen molar-refractivity contribution in [1.82, 2.24) is 4.90 Å². The quantitative estimate of drug-likeness (QED) is 0.833. The maximum absolute atomic E-state index is 5.79. The number of aryl methyl sites for hydroxylation is 1. The minimum absolute atomic E-state index is 0.281. The summed E-state index contributed by atoms with van der Waals surface area (Å²) in [6.07, 6.45) is 5.51. The fourth-order valence-electron chi connectivity index (χ4n) is 4.38. The number of rotatable bonds is 2. The Morgan fingerprint density at radius 1 is 1.10 bits per heavy atom. The first-order valence-corrected chi connectivity index (χ1v) is 8.36. The summed E-state index contributed by atoms with van der Waals surface area (Å²) in [6.45, 7) is 5.73. The molecule has 1 atom stereocenters. The largest absolute Gasteiger partial charge is 0.376 e. The van der Waals surface area contributed by atoms with Crippen LogP contribution in [-0.2, 0) is 21.3 Å². The number of fused-ring (bicyclic) bond motifs is 2. The van der Waals surface area contributed by atoms with Gasteiger partial charge in [0.15, 0.2) is 0 Å². The van der Waals surface area contributed by atoms with E-state index in [2.05, 4.69) is 29.2 Å². The first-order chi connectivity index (χ1) is 10.4. The van der Waals surface area contributed by atoms with Gasteiger partial charge in [0, 0.05) is 6.54 Å². The highest BCUT2D eigenvalue weighted by atomic mass is 16.6. The second-order valence-corrected chi connectivity index (χ2v) is 6.81. The molecule has 0 amide bonds. The van der Waals surface area contributed by atoms with Crippen molar-refractivity contribution in [3.05, 3.63) is 35.4 Å². The second kappa shape index (κ2) is 5.71. The highest BCUT2D eigenvalue weighted by Crippen LogP contribution is 2.46. The van der Waals surface area contributed by atoms with Crippen LogP contribution in [0.4, 0.5) is 0 Å². The van der Waals surface area contributed by atoms with Crippen LogP contribution in [0, 0.1) is 0 Å². The average molecular weight is 287 g/mol. The van der Waals surface area contributed by atoms with Gasteiger partial charge in [-0.1, -0.05) is 24.3 Å². The molecule has 1 aromatic carbocycles. The van der Waals surface area contributed by atoms with Gasteiger partial charge in [-0.2, -0.15) is 0 Å². The van der Waals surface area contributed by atoms with Crippen LogP contribution >= 0.6 is 0 Å². The smallest absolute Gasteiger partial charge is 0.0936 e. The second-order valence-electron chi connectivity index (χ2n) is 6.81. The van der Waals surface area contributed by atoms with Crippen molar-refractivity contribution in [2.24, 2.45) is 0 Å². The van der Waals surface area contributed by atoms with Gasteiger partial charge in [-0.05, 0) is 55.3 Å². The molecule has 114 valence electrons. The van der Waals surface area contributed by atoms with Crippen LogP contribution in [0.5, 0.6) is 0 Å². The molecule has 0 radical (unpaired) electrons. The molecule has 2 aliphatic heterocycles. The summed E-state index contributed by atoms with van der Waals surface area (Å²) in [5.74, 6) is 0. The Labute approximate surface area is 127 Å². The van der Waals surface area contributed by atoms with E-state index in [0.717, 1.165) is 26.4 Å². The van der Waals surface area contributed by atoms with Crippen LogP contribution in [0.3, 0.4) is 0 Å². The van der Waals surface area contributed by atoms with Gasteiger partial charge in [-0.25, -0.2) is 0 Å². The topological polar surface area (TPSA) is 21.7 Å². The van der Waals surface area contributed by atoms with Gasteiger partial charge < -0.3 is 14.4 Å². The summed E-state index contributed by atoms with van der Waals surface area (Å²) < 4.78 is 11.3. The molecule has 1 aliphatic carbocycles. The Kier molecular flexibility index (Phi) is 3.74. The van der Waals surface area contributed by atoms with Crippen LogP contribution < -0.4 is 0 Å². The molecule has 4 rings (SSSR count). The lowest BCUT2D eigenvalue weighted by atomic mass is 9.74. The van der Waals surface area contributed by atoms with Crippen LogP contribution in [0.15, 0.2) is 24.3 Å². The fraction of sp³-hybridized carbons (Fsp3) is 0.667. The highest BCUT2D eigenvalue weighted by molar-refractivity contribution is 5.39. The summed E-state index contributed by atoms with van der Waals surface area (Å²) in [7, 11) is 0. The Balaban J connectivity index is 1.39. The van der Waals surface area contributed by atoms with Gasteiger partial charge >= 0.3 is 0 Å². The summed E-state index contributed by atoms with van der Waals surface area (Å²) in [4.78, 5) is 2.57. The summed E-state index contributed by atoms with van der Waals surface area (Å²) >= 11 is 0. The highest BCUT2D eigenvalue weighted by Gasteiger charge is 2.41. The maximum atomic E-state index is 5.79. The third-order valence-electron chi connectivity index (χ3n) is 5.62. The molecule has 0 bridgehead atoms. The molecule has 3 heteroatoms. The summed E-state index contributed by atoms with van der Waals surface area (Å²) in [5.41, 5.74) is 3.70. The maximum Gasteiger partial charge on any atom is 0.0936 e.